The first-order chi connectivity index (χ1) is 11.4. The lowest BCUT2D eigenvalue weighted by Crippen LogP contribution is -2.31. The summed E-state index contributed by atoms with van der Waals surface area (Å²) in [6, 6.07) is 8.06. The molecular formula is C17H20N4O2. The lowest BCUT2D eigenvalue weighted by atomic mass is 10.2. The van der Waals surface area contributed by atoms with Crippen LogP contribution in [0.5, 0.6) is 11.5 Å². The van der Waals surface area contributed by atoms with Crippen LogP contribution >= 0.6 is 0 Å². The molecule has 0 unspecified atom stereocenters. The van der Waals surface area contributed by atoms with Crippen LogP contribution in [0.15, 0.2) is 36.7 Å². The van der Waals surface area contributed by atoms with E-state index in [1.807, 2.05) is 12.1 Å². The van der Waals surface area contributed by atoms with E-state index in [2.05, 4.69) is 31.9 Å². The normalized spacial score (nSPS) is 18.0. The van der Waals surface area contributed by atoms with Gasteiger partial charge in [-0.3, -0.25) is 4.90 Å². The van der Waals surface area contributed by atoms with E-state index >= 15 is 0 Å². The SMILES string of the molecule is c1cnc(N2CCCN(Cc3ccc4c(c3)OCO4)CC2)nc1. The molecule has 4 rings (SSSR count). The standard InChI is InChI=1S/C17H20N4O2/c1-5-18-17(19-6-1)21-8-2-7-20(9-10-21)12-14-3-4-15-16(11-14)23-13-22-15/h1,3-6,11H,2,7-10,12-13H2. The highest BCUT2D eigenvalue weighted by Crippen LogP contribution is 2.32. The van der Waals surface area contributed by atoms with Gasteiger partial charge in [-0.05, 0) is 30.2 Å². The van der Waals surface area contributed by atoms with Gasteiger partial charge in [0, 0.05) is 45.1 Å². The minimum atomic E-state index is 0.328. The third-order valence-corrected chi connectivity index (χ3v) is 4.27. The van der Waals surface area contributed by atoms with Crippen molar-refractivity contribution < 1.29 is 9.47 Å². The van der Waals surface area contributed by atoms with Crippen LogP contribution in [0.3, 0.4) is 0 Å². The van der Waals surface area contributed by atoms with Gasteiger partial charge < -0.3 is 14.4 Å². The summed E-state index contributed by atoms with van der Waals surface area (Å²) in [5.41, 5.74) is 1.26. The number of ether oxygens (including phenoxy) is 2. The zero-order valence-electron chi connectivity index (χ0n) is 13.0. The lowest BCUT2D eigenvalue weighted by molar-refractivity contribution is 0.174. The van der Waals surface area contributed by atoms with Crippen LogP contribution in [-0.2, 0) is 6.54 Å². The second-order valence-electron chi connectivity index (χ2n) is 5.85. The molecule has 2 aliphatic rings. The van der Waals surface area contributed by atoms with Crippen LogP contribution in [-0.4, -0.2) is 47.8 Å². The molecule has 23 heavy (non-hydrogen) atoms. The molecule has 6 heteroatoms. The van der Waals surface area contributed by atoms with Crippen molar-refractivity contribution in [2.24, 2.45) is 0 Å². The number of fused-ring (bicyclic) bond motifs is 1. The number of hydrogen-bond donors (Lipinski definition) is 0. The molecule has 120 valence electrons. The second-order valence-corrected chi connectivity index (χ2v) is 5.85. The second kappa shape index (κ2) is 6.42. The van der Waals surface area contributed by atoms with Crippen LogP contribution in [0.4, 0.5) is 5.95 Å². The van der Waals surface area contributed by atoms with Gasteiger partial charge in [-0.25, -0.2) is 9.97 Å². The fraction of sp³-hybridized carbons (Fsp3) is 0.412. The van der Waals surface area contributed by atoms with E-state index < -0.39 is 0 Å². The molecule has 0 saturated carbocycles. The maximum atomic E-state index is 5.46. The molecule has 2 aromatic rings. The summed E-state index contributed by atoms with van der Waals surface area (Å²) in [4.78, 5) is 13.5. The minimum Gasteiger partial charge on any atom is -0.454 e. The van der Waals surface area contributed by atoms with Gasteiger partial charge in [0.1, 0.15) is 0 Å². The molecule has 3 heterocycles. The quantitative estimate of drug-likeness (QED) is 0.863. The fourth-order valence-electron chi connectivity index (χ4n) is 3.08. The Morgan fingerprint density at radius 1 is 0.957 bits per heavy atom. The first-order valence-corrected chi connectivity index (χ1v) is 8.01. The molecular weight excluding hydrogens is 292 g/mol. The number of hydrogen-bond acceptors (Lipinski definition) is 6. The first kappa shape index (κ1) is 14.3. The average Bonchev–Trinajstić information content (AvgIpc) is 2.93. The highest BCUT2D eigenvalue weighted by Gasteiger charge is 2.18. The molecule has 2 aliphatic heterocycles. The van der Waals surface area contributed by atoms with E-state index in [1.54, 1.807) is 12.4 Å². The first-order valence-electron chi connectivity index (χ1n) is 8.01. The van der Waals surface area contributed by atoms with Crippen molar-refractivity contribution in [3.8, 4) is 11.5 Å². The largest absolute Gasteiger partial charge is 0.454 e. The molecule has 0 aliphatic carbocycles. The molecule has 1 fully saturated rings. The number of anilines is 1. The van der Waals surface area contributed by atoms with E-state index in [-0.39, 0.29) is 0 Å². The highest BCUT2D eigenvalue weighted by molar-refractivity contribution is 5.44. The van der Waals surface area contributed by atoms with E-state index in [0.717, 1.165) is 56.6 Å². The Labute approximate surface area is 135 Å². The maximum absolute atomic E-state index is 5.46. The van der Waals surface area contributed by atoms with Crippen LogP contribution in [0.25, 0.3) is 0 Å². The lowest BCUT2D eigenvalue weighted by Gasteiger charge is -2.21. The molecule has 0 N–H and O–H groups in total. The van der Waals surface area contributed by atoms with Gasteiger partial charge in [-0.1, -0.05) is 6.07 Å². The molecule has 0 radical (unpaired) electrons. The Morgan fingerprint density at radius 3 is 2.74 bits per heavy atom. The molecule has 6 nitrogen and oxygen atoms in total. The Hall–Kier alpha value is -2.34. The number of benzene rings is 1. The van der Waals surface area contributed by atoms with Crippen molar-refractivity contribution in [1.82, 2.24) is 14.9 Å². The van der Waals surface area contributed by atoms with E-state index in [1.165, 1.54) is 5.56 Å². The minimum absolute atomic E-state index is 0.328. The summed E-state index contributed by atoms with van der Waals surface area (Å²) >= 11 is 0. The summed E-state index contributed by atoms with van der Waals surface area (Å²) < 4.78 is 10.8. The molecule has 1 aromatic heterocycles. The van der Waals surface area contributed by atoms with Crippen molar-refractivity contribution in [2.75, 3.05) is 37.9 Å². The van der Waals surface area contributed by atoms with Crippen molar-refractivity contribution in [1.29, 1.82) is 0 Å². The zero-order chi connectivity index (χ0) is 15.5. The molecule has 0 bridgehead atoms. The van der Waals surface area contributed by atoms with E-state index in [4.69, 9.17) is 9.47 Å². The summed E-state index contributed by atoms with van der Waals surface area (Å²) in [6.45, 7) is 5.30. The van der Waals surface area contributed by atoms with Gasteiger partial charge in [0.25, 0.3) is 0 Å². The molecule has 1 saturated heterocycles. The summed E-state index contributed by atoms with van der Waals surface area (Å²) in [7, 11) is 0. The third kappa shape index (κ3) is 3.22. The van der Waals surface area contributed by atoms with Crippen molar-refractivity contribution in [3.63, 3.8) is 0 Å². The summed E-state index contributed by atoms with van der Waals surface area (Å²) in [5, 5.41) is 0. The van der Waals surface area contributed by atoms with Crippen LogP contribution in [0.1, 0.15) is 12.0 Å². The van der Waals surface area contributed by atoms with E-state index in [9.17, 15) is 0 Å². The van der Waals surface area contributed by atoms with Crippen LogP contribution in [0, 0.1) is 0 Å². The van der Waals surface area contributed by atoms with Gasteiger partial charge in [0.15, 0.2) is 11.5 Å². The number of rotatable bonds is 3. The molecule has 0 amide bonds. The van der Waals surface area contributed by atoms with Gasteiger partial charge >= 0.3 is 0 Å². The average molecular weight is 312 g/mol. The molecule has 0 atom stereocenters. The Bertz CT molecular complexity index is 665. The van der Waals surface area contributed by atoms with Crippen molar-refractivity contribution >= 4 is 5.95 Å². The Balaban J connectivity index is 1.39. The maximum Gasteiger partial charge on any atom is 0.231 e. The molecule has 1 aromatic carbocycles. The Kier molecular flexibility index (Phi) is 3.98. The summed E-state index contributed by atoms with van der Waals surface area (Å²) in [6.07, 6.45) is 4.72. The third-order valence-electron chi connectivity index (χ3n) is 4.27. The number of aromatic nitrogens is 2. The molecule has 0 spiro atoms. The van der Waals surface area contributed by atoms with Crippen LogP contribution < -0.4 is 14.4 Å². The smallest absolute Gasteiger partial charge is 0.231 e. The fourth-order valence-corrected chi connectivity index (χ4v) is 3.08. The van der Waals surface area contributed by atoms with Gasteiger partial charge in [0.2, 0.25) is 12.7 Å². The van der Waals surface area contributed by atoms with Gasteiger partial charge in [-0.2, -0.15) is 0 Å². The van der Waals surface area contributed by atoms with E-state index in [0.29, 0.717) is 6.79 Å². The van der Waals surface area contributed by atoms with Gasteiger partial charge in [0.05, 0.1) is 0 Å². The summed E-state index contributed by atoms with van der Waals surface area (Å²) in [5.74, 6) is 2.53. The topological polar surface area (TPSA) is 50.7 Å². The Morgan fingerprint density at radius 2 is 1.83 bits per heavy atom. The number of nitrogens with zero attached hydrogens (tertiary/aromatic N) is 4. The monoisotopic (exact) mass is 312 g/mol. The van der Waals surface area contributed by atoms with Crippen molar-refractivity contribution in [2.45, 2.75) is 13.0 Å². The predicted octanol–water partition coefficient (Wildman–Crippen LogP) is 1.92. The van der Waals surface area contributed by atoms with Crippen LogP contribution in [0.2, 0.25) is 0 Å². The van der Waals surface area contributed by atoms with Gasteiger partial charge in [-0.15, -0.1) is 0 Å². The highest BCUT2D eigenvalue weighted by atomic mass is 16.7. The zero-order valence-corrected chi connectivity index (χ0v) is 13.0. The van der Waals surface area contributed by atoms with Crippen molar-refractivity contribution in [3.05, 3.63) is 42.2 Å². The predicted molar refractivity (Wildman–Crippen MR) is 86.7 cm³/mol.